The van der Waals surface area contributed by atoms with Gasteiger partial charge in [-0.3, -0.25) is 10.00 Å². The normalized spacial score (nSPS) is 12.4. The van der Waals surface area contributed by atoms with Gasteiger partial charge >= 0.3 is 0 Å². The molecule has 1 heterocycles. The fourth-order valence-electron chi connectivity index (χ4n) is 1.12. The number of hydrogen-bond donors (Lipinski definition) is 1. The molecule has 0 aliphatic carbocycles. The second-order valence-electron chi connectivity index (χ2n) is 2.95. The molecular formula is C10H15N3. The molecule has 0 aliphatic heterocycles. The summed E-state index contributed by atoms with van der Waals surface area (Å²) in [5.74, 6) is 2.69. The smallest absolute Gasteiger partial charge is 0.0687 e. The topological polar surface area (TPSA) is 29.9 Å². The van der Waals surface area contributed by atoms with Gasteiger partial charge in [-0.15, -0.1) is 6.42 Å². The highest BCUT2D eigenvalue weighted by Gasteiger charge is 2.02. The Balaban J connectivity index is 2.44. The zero-order valence-electron chi connectivity index (χ0n) is 8.12. The van der Waals surface area contributed by atoms with E-state index >= 15 is 0 Å². The molecule has 1 N–H and O–H groups in total. The standard InChI is InChI=1S/C10H15N3/c1-4-9(5-2)11-8-10-6-7-12-13(10)3/h1,6-7,9,11H,5,8H2,2-3H3. The van der Waals surface area contributed by atoms with E-state index in [9.17, 15) is 0 Å². The minimum atomic E-state index is 0.162. The van der Waals surface area contributed by atoms with Gasteiger partial charge in [0.2, 0.25) is 0 Å². The number of nitrogens with one attached hydrogen (secondary N) is 1. The molecule has 3 heteroatoms. The largest absolute Gasteiger partial charge is 0.298 e. The van der Waals surface area contributed by atoms with Crippen LogP contribution in [0.5, 0.6) is 0 Å². The van der Waals surface area contributed by atoms with Crippen LogP contribution >= 0.6 is 0 Å². The lowest BCUT2D eigenvalue weighted by atomic mass is 10.2. The molecule has 0 saturated heterocycles. The van der Waals surface area contributed by atoms with E-state index in [-0.39, 0.29) is 6.04 Å². The van der Waals surface area contributed by atoms with Crippen LogP contribution in [0.25, 0.3) is 0 Å². The molecule has 1 unspecified atom stereocenters. The third kappa shape index (κ3) is 2.60. The van der Waals surface area contributed by atoms with Crippen LogP contribution < -0.4 is 5.32 Å². The average molecular weight is 177 g/mol. The monoisotopic (exact) mass is 177 g/mol. The van der Waals surface area contributed by atoms with E-state index in [2.05, 4.69) is 23.3 Å². The molecule has 0 fully saturated rings. The Morgan fingerprint density at radius 3 is 3.00 bits per heavy atom. The van der Waals surface area contributed by atoms with Crippen molar-refractivity contribution in [1.29, 1.82) is 0 Å². The van der Waals surface area contributed by atoms with Gasteiger partial charge in [0.25, 0.3) is 0 Å². The fourth-order valence-corrected chi connectivity index (χ4v) is 1.12. The van der Waals surface area contributed by atoms with Crippen LogP contribution in [-0.4, -0.2) is 15.8 Å². The molecule has 0 amide bonds. The maximum absolute atomic E-state index is 5.33. The highest BCUT2D eigenvalue weighted by molar-refractivity contribution is 5.03. The molecule has 0 spiro atoms. The molecule has 1 aromatic rings. The van der Waals surface area contributed by atoms with Gasteiger partial charge in [0.1, 0.15) is 0 Å². The Bertz CT molecular complexity index is 295. The Hall–Kier alpha value is -1.27. The van der Waals surface area contributed by atoms with Crippen LogP contribution in [0.1, 0.15) is 19.0 Å². The van der Waals surface area contributed by atoms with Crippen molar-refractivity contribution in [2.45, 2.75) is 25.9 Å². The van der Waals surface area contributed by atoms with E-state index < -0.39 is 0 Å². The molecule has 3 nitrogen and oxygen atoms in total. The van der Waals surface area contributed by atoms with Crippen molar-refractivity contribution in [3.63, 3.8) is 0 Å². The second-order valence-corrected chi connectivity index (χ2v) is 2.95. The van der Waals surface area contributed by atoms with Crippen molar-refractivity contribution in [1.82, 2.24) is 15.1 Å². The average Bonchev–Trinajstić information content (AvgIpc) is 2.54. The van der Waals surface area contributed by atoms with Gasteiger partial charge in [-0.25, -0.2) is 0 Å². The summed E-state index contributed by atoms with van der Waals surface area (Å²) in [6, 6.07) is 2.14. The van der Waals surface area contributed by atoms with Gasteiger partial charge in [-0.05, 0) is 12.5 Å². The Morgan fingerprint density at radius 1 is 1.77 bits per heavy atom. The lowest BCUT2D eigenvalue weighted by molar-refractivity contribution is 0.564. The summed E-state index contributed by atoms with van der Waals surface area (Å²) in [6.45, 7) is 2.85. The number of terminal acetylenes is 1. The van der Waals surface area contributed by atoms with Crippen molar-refractivity contribution in [3.8, 4) is 12.3 Å². The number of rotatable bonds is 4. The Morgan fingerprint density at radius 2 is 2.54 bits per heavy atom. The highest BCUT2D eigenvalue weighted by Crippen LogP contribution is 1.97. The summed E-state index contributed by atoms with van der Waals surface area (Å²) < 4.78 is 1.84. The number of nitrogens with zero attached hydrogens (tertiary/aromatic N) is 2. The summed E-state index contributed by atoms with van der Waals surface area (Å²) >= 11 is 0. The van der Waals surface area contributed by atoms with Gasteiger partial charge in [-0.1, -0.05) is 12.8 Å². The van der Waals surface area contributed by atoms with Gasteiger partial charge in [0, 0.05) is 19.8 Å². The minimum Gasteiger partial charge on any atom is -0.298 e. The molecule has 13 heavy (non-hydrogen) atoms. The molecule has 0 bridgehead atoms. The third-order valence-electron chi connectivity index (χ3n) is 2.06. The summed E-state index contributed by atoms with van der Waals surface area (Å²) in [5, 5.41) is 7.34. The predicted molar refractivity (Wildman–Crippen MR) is 53.0 cm³/mol. The lowest BCUT2D eigenvalue weighted by Crippen LogP contribution is -2.27. The predicted octanol–water partition coefficient (Wildman–Crippen LogP) is 0.921. The zero-order chi connectivity index (χ0) is 9.68. The van der Waals surface area contributed by atoms with Crippen LogP contribution in [0, 0.1) is 12.3 Å². The first kappa shape index (κ1) is 9.82. The molecule has 1 aromatic heterocycles. The van der Waals surface area contributed by atoms with Gasteiger partial charge in [0.15, 0.2) is 0 Å². The summed E-state index contributed by atoms with van der Waals surface area (Å²) in [4.78, 5) is 0. The summed E-state index contributed by atoms with van der Waals surface area (Å²) in [7, 11) is 1.92. The van der Waals surface area contributed by atoms with Crippen molar-refractivity contribution < 1.29 is 0 Å². The van der Waals surface area contributed by atoms with E-state index in [1.54, 1.807) is 6.20 Å². The molecule has 0 radical (unpaired) electrons. The van der Waals surface area contributed by atoms with Crippen LogP contribution in [-0.2, 0) is 13.6 Å². The summed E-state index contributed by atoms with van der Waals surface area (Å²) in [6.07, 6.45) is 8.06. The highest BCUT2D eigenvalue weighted by atomic mass is 15.3. The van der Waals surface area contributed by atoms with E-state index in [0.717, 1.165) is 18.7 Å². The molecule has 0 aliphatic rings. The van der Waals surface area contributed by atoms with Crippen LogP contribution in [0.2, 0.25) is 0 Å². The van der Waals surface area contributed by atoms with E-state index in [1.807, 2.05) is 17.8 Å². The third-order valence-corrected chi connectivity index (χ3v) is 2.06. The quantitative estimate of drug-likeness (QED) is 0.693. The second kappa shape index (κ2) is 4.68. The maximum atomic E-state index is 5.33. The first-order valence-corrected chi connectivity index (χ1v) is 4.44. The zero-order valence-corrected chi connectivity index (χ0v) is 8.12. The van der Waals surface area contributed by atoms with Crippen molar-refractivity contribution >= 4 is 0 Å². The van der Waals surface area contributed by atoms with Crippen molar-refractivity contribution in [3.05, 3.63) is 18.0 Å². The molecular weight excluding hydrogens is 162 g/mol. The fraction of sp³-hybridized carbons (Fsp3) is 0.500. The molecule has 1 rings (SSSR count). The molecule has 0 aromatic carbocycles. The Kier molecular flexibility index (Phi) is 3.53. The number of aryl methyl sites for hydroxylation is 1. The van der Waals surface area contributed by atoms with Crippen molar-refractivity contribution in [2.24, 2.45) is 7.05 Å². The summed E-state index contributed by atoms with van der Waals surface area (Å²) in [5.41, 5.74) is 1.15. The number of aromatic nitrogens is 2. The first-order valence-electron chi connectivity index (χ1n) is 4.44. The maximum Gasteiger partial charge on any atom is 0.0687 e. The molecule has 70 valence electrons. The van der Waals surface area contributed by atoms with Gasteiger partial charge in [-0.2, -0.15) is 5.10 Å². The van der Waals surface area contributed by atoms with Crippen molar-refractivity contribution in [2.75, 3.05) is 0 Å². The molecule has 0 saturated carbocycles. The van der Waals surface area contributed by atoms with E-state index in [0.29, 0.717) is 0 Å². The van der Waals surface area contributed by atoms with Crippen LogP contribution in [0.4, 0.5) is 0 Å². The number of hydrogen-bond acceptors (Lipinski definition) is 2. The van der Waals surface area contributed by atoms with Gasteiger partial charge in [0.05, 0.1) is 11.7 Å². The van der Waals surface area contributed by atoms with E-state index in [1.165, 1.54) is 0 Å². The van der Waals surface area contributed by atoms with Gasteiger partial charge < -0.3 is 0 Å². The van der Waals surface area contributed by atoms with E-state index in [4.69, 9.17) is 6.42 Å². The lowest BCUT2D eigenvalue weighted by Gasteiger charge is -2.09. The minimum absolute atomic E-state index is 0.162. The van der Waals surface area contributed by atoms with Crippen LogP contribution in [0.3, 0.4) is 0 Å². The Labute approximate surface area is 79.1 Å². The first-order chi connectivity index (χ1) is 6.27. The molecule has 1 atom stereocenters. The SMILES string of the molecule is C#CC(CC)NCc1ccnn1C. The van der Waals surface area contributed by atoms with Crippen LogP contribution in [0.15, 0.2) is 12.3 Å².